The maximum absolute atomic E-state index is 5.30. The van der Waals surface area contributed by atoms with Crippen LogP contribution in [0.2, 0.25) is 0 Å². The van der Waals surface area contributed by atoms with E-state index in [4.69, 9.17) is 4.74 Å². The van der Waals surface area contributed by atoms with Gasteiger partial charge in [0.25, 0.3) is 0 Å². The van der Waals surface area contributed by atoms with Crippen LogP contribution >= 0.6 is 11.8 Å². The number of ether oxygens (including phenoxy) is 1. The highest BCUT2D eigenvalue weighted by molar-refractivity contribution is 7.99. The van der Waals surface area contributed by atoms with Crippen molar-refractivity contribution in [2.75, 3.05) is 19.0 Å². The van der Waals surface area contributed by atoms with Gasteiger partial charge in [-0.2, -0.15) is 20.1 Å². The van der Waals surface area contributed by atoms with Crippen LogP contribution in [0.15, 0.2) is 22.4 Å². The van der Waals surface area contributed by atoms with E-state index in [1.807, 2.05) is 20.2 Å². The Bertz CT molecular complexity index is 529. The molecule has 7 nitrogen and oxygen atoms in total. The highest BCUT2D eigenvalue weighted by Crippen LogP contribution is 2.25. The van der Waals surface area contributed by atoms with E-state index in [0.29, 0.717) is 23.7 Å². The lowest BCUT2D eigenvalue weighted by atomic mass is 10.7. The maximum atomic E-state index is 5.30. The molecule has 0 saturated heterocycles. The minimum absolute atomic E-state index is 0.322. The number of hydrogen-bond donors (Lipinski definition) is 1. The summed E-state index contributed by atoms with van der Waals surface area (Å²) in [7, 11) is 3.62. The van der Waals surface area contributed by atoms with Crippen LogP contribution < -0.4 is 10.1 Å². The summed E-state index contributed by atoms with van der Waals surface area (Å²) in [6, 6.07) is 0.322. The molecular formula is C10H14N6OS. The molecule has 0 aliphatic heterocycles. The molecule has 0 fully saturated rings. The molecule has 0 saturated carbocycles. The molecule has 2 aromatic rings. The van der Waals surface area contributed by atoms with Gasteiger partial charge >= 0.3 is 6.01 Å². The summed E-state index contributed by atoms with van der Waals surface area (Å²) in [5.74, 6) is 0.486. The first kappa shape index (κ1) is 12.6. The van der Waals surface area contributed by atoms with E-state index in [-0.39, 0.29) is 0 Å². The van der Waals surface area contributed by atoms with E-state index >= 15 is 0 Å². The van der Waals surface area contributed by atoms with Gasteiger partial charge in [0.1, 0.15) is 0 Å². The molecule has 0 radical (unpaired) electrons. The molecule has 0 aliphatic carbocycles. The van der Waals surface area contributed by atoms with Crippen LogP contribution in [0.1, 0.15) is 6.92 Å². The van der Waals surface area contributed by atoms with E-state index in [2.05, 4.69) is 25.4 Å². The molecule has 2 aromatic heterocycles. The Hall–Kier alpha value is -1.83. The smallest absolute Gasteiger partial charge is 0.322 e. The highest BCUT2D eigenvalue weighted by atomic mass is 32.2. The van der Waals surface area contributed by atoms with Crippen molar-refractivity contribution in [1.29, 1.82) is 0 Å². The van der Waals surface area contributed by atoms with Gasteiger partial charge in [-0.1, -0.05) is 0 Å². The molecule has 0 bridgehead atoms. The Labute approximate surface area is 109 Å². The Morgan fingerprint density at radius 1 is 1.39 bits per heavy atom. The lowest BCUT2D eigenvalue weighted by Gasteiger charge is -2.05. The molecule has 2 rings (SSSR count). The average Bonchev–Trinajstić information content (AvgIpc) is 2.75. The molecule has 8 heteroatoms. The van der Waals surface area contributed by atoms with E-state index in [9.17, 15) is 0 Å². The van der Waals surface area contributed by atoms with Crippen molar-refractivity contribution in [1.82, 2.24) is 24.7 Å². The van der Waals surface area contributed by atoms with Crippen molar-refractivity contribution in [3.05, 3.63) is 12.4 Å². The molecule has 0 unspecified atom stereocenters. The van der Waals surface area contributed by atoms with Crippen LogP contribution in [-0.4, -0.2) is 38.4 Å². The van der Waals surface area contributed by atoms with E-state index in [1.165, 1.54) is 11.8 Å². The number of aryl methyl sites for hydroxylation is 1. The number of nitrogens with zero attached hydrogens (tertiary/aromatic N) is 5. The fraction of sp³-hybridized carbons (Fsp3) is 0.400. The van der Waals surface area contributed by atoms with Gasteiger partial charge in [-0.15, -0.1) is 0 Å². The van der Waals surface area contributed by atoms with Gasteiger partial charge in [0.05, 0.1) is 17.7 Å². The van der Waals surface area contributed by atoms with Crippen LogP contribution in [-0.2, 0) is 7.05 Å². The Morgan fingerprint density at radius 3 is 2.83 bits per heavy atom. The summed E-state index contributed by atoms with van der Waals surface area (Å²) in [6.07, 6.45) is 3.65. The molecular weight excluding hydrogens is 252 g/mol. The van der Waals surface area contributed by atoms with Gasteiger partial charge in [0.15, 0.2) is 0 Å². The van der Waals surface area contributed by atoms with Crippen molar-refractivity contribution < 1.29 is 4.74 Å². The normalized spacial score (nSPS) is 10.4. The standard InChI is InChI=1S/C10H14N6OS/c1-4-17-9-13-8(11-2)14-10(15-9)18-7-5-12-16(3)6-7/h5-6H,4H2,1-3H3,(H,11,13,14,15). The van der Waals surface area contributed by atoms with Gasteiger partial charge in [-0.3, -0.25) is 4.68 Å². The highest BCUT2D eigenvalue weighted by Gasteiger charge is 2.08. The van der Waals surface area contributed by atoms with Crippen molar-refractivity contribution in [3.8, 4) is 6.01 Å². The zero-order chi connectivity index (χ0) is 13.0. The minimum atomic E-state index is 0.322. The quantitative estimate of drug-likeness (QED) is 0.871. The zero-order valence-electron chi connectivity index (χ0n) is 10.4. The second-order valence-corrected chi connectivity index (χ2v) is 4.40. The Morgan fingerprint density at radius 2 is 2.22 bits per heavy atom. The number of anilines is 1. The second-order valence-electron chi connectivity index (χ2n) is 3.36. The van der Waals surface area contributed by atoms with Crippen molar-refractivity contribution in [2.24, 2.45) is 7.05 Å². The molecule has 18 heavy (non-hydrogen) atoms. The predicted octanol–water partition coefficient (Wildman–Crippen LogP) is 1.20. The lowest BCUT2D eigenvalue weighted by Crippen LogP contribution is -2.04. The van der Waals surface area contributed by atoms with E-state index in [0.717, 1.165) is 4.90 Å². The third-order valence-corrected chi connectivity index (χ3v) is 2.79. The summed E-state index contributed by atoms with van der Waals surface area (Å²) >= 11 is 1.41. The maximum Gasteiger partial charge on any atom is 0.322 e. The Balaban J connectivity index is 2.23. The third-order valence-electron chi connectivity index (χ3n) is 1.98. The monoisotopic (exact) mass is 266 g/mol. The first-order valence-corrected chi connectivity index (χ1v) is 6.26. The van der Waals surface area contributed by atoms with Gasteiger partial charge in [-0.25, -0.2) is 0 Å². The fourth-order valence-corrected chi connectivity index (χ4v) is 2.02. The first-order chi connectivity index (χ1) is 8.71. The number of aromatic nitrogens is 5. The molecule has 96 valence electrons. The lowest BCUT2D eigenvalue weighted by molar-refractivity contribution is 0.308. The van der Waals surface area contributed by atoms with Crippen LogP contribution in [0.4, 0.5) is 5.95 Å². The summed E-state index contributed by atoms with van der Waals surface area (Å²) < 4.78 is 7.02. The minimum Gasteiger partial charge on any atom is -0.464 e. The summed E-state index contributed by atoms with van der Waals surface area (Å²) in [4.78, 5) is 13.5. The van der Waals surface area contributed by atoms with Crippen LogP contribution in [0.5, 0.6) is 6.01 Å². The first-order valence-electron chi connectivity index (χ1n) is 5.44. The van der Waals surface area contributed by atoms with Gasteiger partial charge in [0.2, 0.25) is 11.1 Å². The van der Waals surface area contributed by atoms with Crippen LogP contribution in [0.25, 0.3) is 0 Å². The topological polar surface area (TPSA) is 77.8 Å². The van der Waals surface area contributed by atoms with Crippen molar-refractivity contribution >= 4 is 17.7 Å². The number of nitrogens with one attached hydrogen (secondary N) is 1. The second kappa shape index (κ2) is 5.67. The zero-order valence-corrected chi connectivity index (χ0v) is 11.2. The third kappa shape index (κ3) is 3.10. The summed E-state index contributed by atoms with van der Waals surface area (Å²) in [6.45, 7) is 2.40. The molecule has 0 spiro atoms. The fourth-order valence-electron chi connectivity index (χ4n) is 1.25. The van der Waals surface area contributed by atoms with Crippen molar-refractivity contribution in [3.63, 3.8) is 0 Å². The predicted molar refractivity (Wildman–Crippen MR) is 67.9 cm³/mol. The van der Waals surface area contributed by atoms with Gasteiger partial charge in [-0.05, 0) is 18.7 Å². The molecule has 0 aliphatic rings. The largest absolute Gasteiger partial charge is 0.464 e. The van der Waals surface area contributed by atoms with Gasteiger partial charge < -0.3 is 10.1 Å². The van der Waals surface area contributed by atoms with Crippen LogP contribution in [0.3, 0.4) is 0 Å². The summed E-state index contributed by atoms with van der Waals surface area (Å²) in [5, 5.41) is 7.55. The average molecular weight is 266 g/mol. The van der Waals surface area contributed by atoms with E-state index < -0.39 is 0 Å². The molecule has 0 amide bonds. The SMILES string of the molecule is CCOc1nc(NC)nc(Sc2cnn(C)c2)n1. The summed E-state index contributed by atoms with van der Waals surface area (Å²) in [5.41, 5.74) is 0. The van der Waals surface area contributed by atoms with Crippen molar-refractivity contribution in [2.45, 2.75) is 17.0 Å². The number of rotatable bonds is 5. The number of hydrogen-bond acceptors (Lipinski definition) is 7. The van der Waals surface area contributed by atoms with E-state index in [1.54, 1.807) is 17.9 Å². The van der Waals surface area contributed by atoms with Crippen LogP contribution in [0, 0.1) is 0 Å². The molecule has 2 heterocycles. The molecule has 0 atom stereocenters. The van der Waals surface area contributed by atoms with Gasteiger partial charge in [0, 0.05) is 20.3 Å². The Kier molecular flexibility index (Phi) is 3.98. The molecule has 0 aromatic carbocycles. The molecule has 1 N–H and O–H groups in total.